The van der Waals surface area contributed by atoms with Crippen LogP contribution in [0.2, 0.25) is 0 Å². The van der Waals surface area contributed by atoms with Crippen molar-refractivity contribution in [1.82, 2.24) is 0 Å². The molecule has 0 bridgehead atoms. The second kappa shape index (κ2) is 8.52. The lowest BCUT2D eigenvalue weighted by atomic mass is 9.77. The predicted molar refractivity (Wildman–Crippen MR) is 146 cm³/mol. The molecule has 1 aromatic heterocycles. The fourth-order valence-electron chi connectivity index (χ4n) is 6.27. The fraction of sp³-hybridized carbons (Fsp3) is 0.121. The predicted octanol–water partition coefficient (Wildman–Crippen LogP) is 7.07. The van der Waals surface area contributed by atoms with E-state index in [0.717, 1.165) is 42.8 Å². The maximum absolute atomic E-state index is 11.8. The third-order valence-electron chi connectivity index (χ3n) is 7.82. The van der Waals surface area contributed by atoms with Crippen LogP contribution in [0.3, 0.4) is 0 Å². The molecular weight excluding hydrogens is 456 g/mol. The molecule has 7 rings (SSSR count). The van der Waals surface area contributed by atoms with Gasteiger partial charge in [0.15, 0.2) is 0 Å². The topological polar surface area (TPSA) is 47.0 Å². The molecule has 0 N–H and O–H groups in total. The number of aryl methyl sites for hydroxylation is 2. The van der Waals surface area contributed by atoms with Crippen LogP contribution >= 0.6 is 0 Å². The van der Waals surface area contributed by atoms with Gasteiger partial charge in [-0.15, -0.1) is 0 Å². The number of benzene rings is 4. The Morgan fingerprint density at radius 1 is 0.622 bits per heavy atom. The summed E-state index contributed by atoms with van der Waals surface area (Å²) in [5.41, 5.74) is 13.5. The molecule has 0 saturated carbocycles. The van der Waals surface area contributed by atoms with Crippen LogP contribution < -0.4 is 4.57 Å². The van der Waals surface area contributed by atoms with Crippen LogP contribution in [0.5, 0.6) is 0 Å². The van der Waals surface area contributed by atoms with Gasteiger partial charge < -0.3 is 0 Å². The highest BCUT2D eigenvalue weighted by molar-refractivity contribution is 5.85. The molecule has 0 spiro atoms. The van der Waals surface area contributed by atoms with E-state index in [0.29, 0.717) is 0 Å². The summed E-state index contributed by atoms with van der Waals surface area (Å²) in [7, 11) is 0. The van der Waals surface area contributed by atoms with E-state index in [4.69, 9.17) is 0 Å². The lowest BCUT2D eigenvalue weighted by Crippen LogP contribution is -2.41. The van der Waals surface area contributed by atoms with Gasteiger partial charge in [0, 0.05) is 28.8 Å². The van der Waals surface area contributed by atoms with Crippen LogP contribution in [0.4, 0.5) is 5.69 Å². The summed E-state index contributed by atoms with van der Waals surface area (Å²) in [5, 5.41) is 11.8. The summed E-state index contributed by atoms with van der Waals surface area (Å²) in [6, 6.07) is 35.1. The summed E-state index contributed by atoms with van der Waals surface area (Å²) in [6.07, 6.45) is 3.82. The first-order valence-corrected chi connectivity index (χ1v) is 12.8. The zero-order valence-electron chi connectivity index (χ0n) is 20.4. The number of hydrogen-bond acceptors (Lipinski definition) is 2. The van der Waals surface area contributed by atoms with E-state index in [1.807, 2.05) is 6.07 Å². The summed E-state index contributed by atoms with van der Waals surface area (Å²) >= 11 is 0. The summed E-state index contributed by atoms with van der Waals surface area (Å²) in [6.45, 7) is 0. The van der Waals surface area contributed by atoms with Crippen molar-refractivity contribution in [3.63, 3.8) is 0 Å². The number of fused-ring (bicyclic) bond motifs is 6. The first-order valence-electron chi connectivity index (χ1n) is 12.8. The molecule has 0 fully saturated rings. The lowest BCUT2D eigenvalue weighted by Gasteiger charge is -2.28. The van der Waals surface area contributed by atoms with Gasteiger partial charge in [-0.2, -0.15) is 4.57 Å². The minimum atomic E-state index is -0.302. The smallest absolute Gasteiger partial charge is 0.258 e. The van der Waals surface area contributed by atoms with E-state index in [1.165, 1.54) is 44.5 Å². The first kappa shape index (κ1) is 21.7. The van der Waals surface area contributed by atoms with E-state index in [9.17, 15) is 10.1 Å². The summed E-state index contributed by atoms with van der Waals surface area (Å²) in [5.74, 6) is 0. The van der Waals surface area contributed by atoms with Crippen molar-refractivity contribution in [2.45, 2.75) is 25.7 Å². The van der Waals surface area contributed by atoms with E-state index in [1.54, 1.807) is 18.2 Å². The molecule has 2 aliphatic rings. The Hall–Kier alpha value is -4.57. The number of aromatic nitrogens is 1. The molecule has 37 heavy (non-hydrogen) atoms. The van der Waals surface area contributed by atoms with Crippen molar-refractivity contribution >= 4 is 5.69 Å². The van der Waals surface area contributed by atoms with Crippen LogP contribution in [0.1, 0.15) is 22.3 Å². The summed E-state index contributed by atoms with van der Waals surface area (Å²) < 4.78 is 2.32. The number of non-ortho nitro benzene ring substituents is 1. The molecule has 2 aliphatic carbocycles. The molecular formula is C33H25N2O2+. The monoisotopic (exact) mass is 481 g/mol. The number of nitro groups is 1. The van der Waals surface area contributed by atoms with Crippen molar-refractivity contribution in [3.8, 4) is 39.3 Å². The molecule has 0 radical (unpaired) electrons. The Balaban J connectivity index is 1.69. The van der Waals surface area contributed by atoms with Crippen molar-refractivity contribution < 1.29 is 9.49 Å². The molecule has 0 saturated heterocycles. The maximum atomic E-state index is 11.8. The second-order valence-electron chi connectivity index (χ2n) is 9.82. The first-order chi connectivity index (χ1) is 18.2. The van der Waals surface area contributed by atoms with Gasteiger partial charge >= 0.3 is 0 Å². The highest BCUT2D eigenvalue weighted by Crippen LogP contribution is 2.45. The molecule has 0 atom stereocenters. The average molecular weight is 482 g/mol. The molecule has 5 aromatic rings. The minimum absolute atomic E-state index is 0.104. The second-order valence-corrected chi connectivity index (χ2v) is 9.82. The van der Waals surface area contributed by atoms with Crippen LogP contribution in [0, 0.1) is 10.1 Å². The molecule has 0 amide bonds. The third-order valence-corrected chi connectivity index (χ3v) is 7.82. The van der Waals surface area contributed by atoms with Gasteiger partial charge in [-0.25, -0.2) is 0 Å². The lowest BCUT2D eigenvalue weighted by molar-refractivity contribution is -0.573. The number of pyridine rings is 1. The standard InChI is InChI=1S/C33H25N2O2/c36-35(37)26-14-8-13-25(21-26)34-32-27-15-6-4-9-22(27)17-19-29(32)31(24-11-2-1-3-12-24)30-20-18-23-10-5-7-16-28(23)33(30)34/h1-16,21H,17-20H2/q+1. The van der Waals surface area contributed by atoms with Gasteiger partial charge in [0.05, 0.1) is 22.1 Å². The fourth-order valence-corrected chi connectivity index (χ4v) is 6.27. The third kappa shape index (κ3) is 3.40. The van der Waals surface area contributed by atoms with Crippen LogP contribution in [0.25, 0.3) is 39.3 Å². The van der Waals surface area contributed by atoms with Crippen molar-refractivity contribution in [1.29, 1.82) is 0 Å². The van der Waals surface area contributed by atoms with Gasteiger partial charge in [0.25, 0.3) is 5.69 Å². The number of hydrogen-bond donors (Lipinski definition) is 0. The van der Waals surface area contributed by atoms with Crippen LogP contribution in [-0.4, -0.2) is 4.92 Å². The van der Waals surface area contributed by atoms with E-state index in [-0.39, 0.29) is 10.6 Å². The Morgan fingerprint density at radius 2 is 1.19 bits per heavy atom. The number of nitro benzene ring substituents is 1. The quantitative estimate of drug-likeness (QED) is 0.157. The van der Waals surface area contributed by atoms with Crippen molar-refractivity contribution in [3.05, 3.63) is 135 Å². The van der Waals surface area contributed by atoms with E-state index >= 15 is 0 Å². The Kier molecular flexibility index (Phi) is 5.00. The molecule has 4 heteroatoms. The summed E-state index contributed by atoms with van der Waals surface area (Å²) in [4.78, 5) is 11.5. The molecule has 178 valence electrons. The highest BCUT2D eigenvalue weighted by Gasteiger charge is 2.39. The maximum Gasteiger partial charge on any atom is 0.276 e. The zero-order chi connectivity index (χ0) is 24.9. The molecule has 4 aromatic carbocycles. The Labute approximate surface area is 215 Å². The van der Waals surface area contributed by atoms with Gasteiger partial charge in [-0.3, -0.25) is 10.1 Å². The minimum Gasteiger partial charge on any atom is -0.258 e. The molecule has 0 aliphatic heterocycles. The normalized spacial score (nSPS) is 13.2. The van der Waals surface area contributed by atoms with Gasteiger partial charge in [0.1, 0.15) is 0 Å². The van der Waals surface area contributed by atoms with Gasteiger partial charge in [-0.05, 0) is 60.6 Å². The highest BCUT2D eigenvalue weighted by atomic mass is 16.6. The largest absolute Gasteiger partial charge is 0.276 e. The number of rotatable bonds is 3. The molecule has 1 heterocycles. The van der Waals surface area contributed by atoms with Crippen molar-refractivity contribution in [2.75, 3.05) is 0 Å². The zero-order valence-corrected chi connectivity index (χ0v) is 20.4. The Bertz CT molecular complexity index is 1630. The van der Waals surface area contributed by atoms with Crippen molar-refractivity contribution in [2.24, 2.45) is 0 Å². The SMILES string of the molecule is O=[N+]([O-])c1cccc(-[n+]2c3c(c(-c4ccccc4)c4c2-c2ccccc2CC4)CCc2ccccc2-3)c1. The van der Waals surface area contributed by atoms with E-state index < -0.39 is 0 Å². The average Bonchev–Trinajstić information content (AvgIpc) is 2.96. The van der Waals surface area contributed by atoms with Gasteiger partial charge in [0.2, 0.25) is 17.1 Å². The van der Waals surface area contributed by atoms with E-state index in [2.05, 4.69) is 83.4 Å². The molecule has 4 nitrogen and oxygen atoms in total. The molecule has 0 unspecified atom stereocenters. The Morgan fingerprint density at radius 3 is 1.78 bits per heavy atom. The number of nitrogens with zero attached hydrogens (tertiary/aromatic N) is 2. The van der Waals surface area contributed by atoms with Crippen LogP contribution in [-0.2, 0) is 25.7 Å². The van der Waals surface area contributed by atoms with Crippen LogP contribution in [0.15, 0.2) is 103 Å². The van der Waals surface area contributed by atoms with Gasteiger partial charge in [-0.1, -0.05) is 66.7 Å².